The monoisotopic (exact) mass is 655 g/mol. The van der Waals surface area contributed by atoms with Crippen molar-refractivity contribution in [2.75, 3.05) is 0 Å². The Kier molecular flexibility index (Phi) is 11.5. The minimum Gasteiger partial charge on any atom is -0.347 e. The van der Waals surface area contributed by atoms with Gasteiger partial charge in [-0.15, -0.1) is 0 Å². The first-order valence-electron chi connectivity index (χ1n) is 15.5. The number of amides is 2. The summed E-state index contributed by atoms with van der Waals surface area (Å²) in [6.45, 7) is 13.7. The first-order chi connectivity index (χ1) is 20.8. The van der Waals surface area contributed by atoms with E-state index in [9.17, 15) is 9.59 Å². The molecular weight excluding hydrogens is 613 g/mol. The second-order valence-corrected chi connectivity index (χ2v) is 14.9. The summed E-state index contributed by atoms with van der Waals surface area (Å²) < 4.78 is 0. The first kappa shape index (κ1) is 35.9. The number of carbonyl (C=O) groups is 2. The van der Waals surface area contributed by atoms with E-state index in [0.29, 0.717) is 28.0 Å². The van der Waals surface area contributed by atoms with Crippen molar-refractivity contribution in [1.82, 2.24) is 30.8 Å². The molecule has 5 rings (SSSR count). The fraction of sp³-hybridized carbons (Fsp3) is 0.529. The Hall–Kier alpha value is -1.95. The van der Waals surface area contributed by atoms with Gasteiger partial charge in [0.2, 0.25) is 0 Å². The van der Waals surface area contributed by atoms with Crippen LogP contribution >= 0.6 is 11.6 Å². The molecule has 1 aromatic heterocycles. The van der Waals surface area contributed by atoms with Crippen molar-refractivity contribution in [3.63, 3.8) is 0 Å². The SMILES string of the molecule is CC(C)(C)CC[C@H](c1ccc(C(=O)NCc2nn[n-]n2)cc1)N1C(=O)C(c2cccc(Cl)c2)=NC12CCC(C(C)(C)C)CC2.[K+]. The molecule has 1 atom stereocenters. The van der Waals surface area contributed by atoms with Crippen LogP contribution in [0.2, 0.25) is 5.02 Å². The fourth-order valence-electron chi connectivity index (χ4n) is 6.53. The van der Waals surface area contributed by atoms with Crippen molar-refractivity contribution in [2.45, 2.75) is 98.3 Å². The molecule has 1 fully saturated rings. The minimum absolute atomic E-state index is 0. The average molecular weight is 656 g/mol. The predicted molar refractivity (Wildman–Crippen MR) is 171 cm³/mol. The van der Waals surface area contributed by atoms with Crippen LogP contribution in [0, 0.1) is 16.7 Å². The van der Waals surface area contributed by atoms with Gasteiger partial charge in [-0.05, 0) is 85.1 Å². The van der Waals surface area contributed by atoms with Crippen LogP contribution in [0.15, 0.2) is 53.5 Å². The summed E-state index contributed by atoms with van der Waals surface area (Å²) in [5.41, 5.74) is 2.38. The van der Waals surface area contributed by atoms with E-state index in [1.807, 2.05) is 48.5 Å². The standard InChI is InChI=1S/C34H44ClN7O2.K/c1-32(2,3)17-16-27(22-10-12-23(13-11-22)30(43)36-21-28-38-40-41-39-28)42-31(44)29(24-8-7-9-26(35)20-24)37-34(42)18-14-25(15-19-34)33(4,5)6;/h7-13,20,25,27H,14-19,21H2,1-6H3,(H2,36,38,39,40,41,43);/q;+1/p-1/t25?,27-,34?;/m1./s1. The quantitative estimate of drug-likeness (QED) is 0.372. The van der Waals surface area contributed by atoms with Crippen LogP contribution in [0.25, 0.3) is 0 Å². The van der Waals surface area contributed by atoms with Gasteiger partial charge in [-0.25, -0.2) is 5.10 Å². The molecule has 0 unspecified atom stereocenters. The Morgan fingerprint density at radius 1 is 1.09 bits per heavy atom. The van der Waals surface area contributed by atoms with Crippen LogP contribution < -0.4 is 61.9 Å². The Balaban J connectivity index is 0.00000461. The van der Waals surface area contributed by atoms with Crippen molar-refractivity contribution in [3.8, 4) is 0 Å². The third-order valence-corrected chi connectivity index (χ3v) is 9.34. The van der Waals surface area contributed by atoms with Crippen molar-refractivity contribution in [2.24, 2.45) is 21.7 Å². The minimum atomic E-state index is -0.628. The van der Waals surface area contributed by atoms with Crippen LogP contribution in [0.4, 0.5) is 0 Å². The zero-order chi connectivity index (χ0) is 31.7. The molecule has 9 nitrogen and oxygen atoms in total. The number of tetrazole rings is 1. The van der Waals surface area contributed by atoms with Gasteiger partial charge >= 0.3 is 51.4 Å². The number of nitrogens with one attached hydrogen (secondary N) is 1. The Bertz CT molecular complexity index is 1500. The third kappa shape index (κ3) is 8.50. The van der Waals surface area contributed by atoms with Gasteiger partial charge in [0.1, 0.15) is 11.4 Å². The van der Waals surface area contributed by atoms with Crippen molar-refractivity contribution >= 4 is 29.1 Å². The van der Waals surface area contributed by atoms with E-state index in [0.717, 1.165) is 49.7 Å². The average Bonchev–Trinajstić information content (AvgIpc) is 3.58. The molecule has 11 heteroatoms. The number of rotatable bonds is 8. The topological polar surface area (TPSA) is 115 Å². The molecule has 2 amide bonds. The molecule has 3 aromatic rings. The van der Waals surface area contributed by atoms with Gasteiger partial charge in [0.05, 0.1) is 18.4 Å². The first-order valence-corrected chi connectivity index (χ1v) is 15.9. The van der Waals surface area contributed by atoms with Crippen LogP contribution in [0.3, 0.4) is 0 Å². The summed E-state index contributed by atoms with van der Waals surface area (Å²) in [6.07, 6.45) is 5.32. The largest absolute Gasteiger partial charge is 1.00 e. The number of hydrogen-bond donors (Lipinski definition) is 1. The van der Waals surface area contributed by atoms with E-state index in [2.05, 4.69) is 72.4 Å². The van der Waals surface area contributed by atoms with Crippen molar-refractivity contribution < 1.29 is 61.0 Å². The summed E-state index contributed by atoms with van der Waals surface area (Å²) in [4.78, 5) is 34.8. The Labute approximate surface area is 314 Å². The molecule has 1 aliphatic heterocycles. The molecule has 45 heavy (non-hydrogen) atoms. The molecule has 2 heterocycles. The third-order valence-electron chi connectivity index (χ3n) is 9.10. The van der Waals surface area contributed by atoms with E-state index in [-0.39, 0.29) is 86.6 Å². The fourth-order valence-corrected chi connectivity index (χ4v) is 6.72. The van der Waals surface area contributed by atoms with Crippen molar-refractivity contribution in [3.05, 3.63) is 76.1 Å². The maximum Gasteiger partial charge on any atom is 1.00 e. The Morgan fingerprint density at radius 3 is 2.36 bits per heavy atom. The van der Waals surface area contributed by atoms with Crippen LogP contribution in [-0.4, -0.2) is 43.5 Å². The number of carbonyl (C=O) groups excluding carboxylic acids is 2. The van der Waals surface area contributed by atoms with Gasteiger partial charge in [-0.1, -0.05) is 77.4 Å². The number of aliphatic imine (C=N–C) groups is 1. The van der Waals surface area contributed by atoms with Crippen LogP contribution in [-0.2, 0) is 11.3 Å². The van der Waals surface area contributed by atoms with Gasteiger partial charge in [-0.2, -0.15) is 0 Å². The molecular formula is C34H43ClKN7O2. The summed E-state index contributed by atoms with van der Waals surface area (Å²) in [5, 5.41) is 17.8. The van der Waals surface area contributed by atoms with Gasteiger partial charge in [-0.3, -0.25) is 25.0 Å². The second kappa shape index (κ2) is 14.4. The van der Waals surface area contributed by atoms with E-state index in [4.69, 9.17) is 16.6 Å². The van der Waals surface area contributed by atoms with Gasteiger partial charge < -0.3 is 15.3 Å². The van der Waals surface area contributed by atoms with Gasteiger partial charge in [0.15, 0.2) is 0 Å². The molecule has 0 saturated heterocycles. The number of aromatic nitrogens is 4. The van der Waals surface area contributed by atoms with E-state index < -0.39 is 5.66 Å². The molecule has 2 aromatic carbocycles. The van der Waals surface area contributed by atoms with Gasteiger partial charge in [0, 0.05) is 16.1 Å². The van der Waals surface area contributed by atoms with Crippen LogP contribution in [0.1, 0.15) is 113 Å². The summed E-state index contributed by atoms with van der Waals surface area (Å²) in [5.74, 6) is 0.617. The Morgan fingerprint density at radius 2 is 1.78 bits per heavy atom. The second-order valence-electron chi connectivity index (χ2n) is 14.5. The zero-order valence-corrected chi connectivity index (χ0v) is 31.5. The smallest absolute Gasteiger partial charge is 0.347 e. The van der Waals surface area contributed by atoms with E-state index >= 15 is 0 Å². The molecule has 0 radical (unpaired) electrons. The molecule has 1 saturated carbocycles. The van der Waals surface area contributed by atoms with Gasteiger partial charge in [0.25, 0.3) is 11.8 Å². The summed E-state index contributed by atoms with van der Waals surface area (Å²) in [7, 11) is 0. The molecule has 0 bridgehead atoms. The molecule has 1 N–H and O–H groups in total. The number of halogens is 1. The molecule has 2 aliphatic rings. The van der Waals surface area contributed by atoms with E-state index in [1.165, 1.54) is 0 Å². The number of benzene rings is 2. The predicted octanol–water partition coefficient (Wildman–Crippen LogP) is 3.55. The molecule has 1 spiro atoms. The normalized spacial score (nSPS) is 21.0. The molecule has 1 aliphatic carbocycles. The molecule has 234 valence electrons. The number of hydrogen-bond acceptors (Lipinski definition) is 6. The zero-order valence-electron chi connectivity index (χ0n) is 27.6. The summed E-state index contributed by atoms with van der Waals surface area (Å²) in [6, 6.07) is 14.8. The summed E-state index contributed by atoms with van der Waals surface area (Å²) >= 11 is 6.38. The number of nitrogens with zero attached hydrogens (tertiary/aromatic N) is 6. The maximum atomic E-state index is 14.5. The van der Waals surface area contributed by atoms with E-state index in [1.54, 1.807) is 0 Å². The maximum absolute atomic E-state index is 14.5. The van der Waals surface area contributed by atoms with Crippen molar-refractivity contribution in [1.29, 1.82) is 0 Å². The van der Waals surface area contributed by atoms with Crippen LogP contribution in [0.5, 0.6) is 0 Å².